The van der Waals surface area contributed by atoms with Gasteiger partial charge in [-0.15, -0.1) is 11.3 Å². The van der Waals surface area contributed by atoms with Crippen molar-refractivity contribution in [2.75, 3.05) is 7.05 Å². The molecule has 0 saturated carbocycles. The first-order valence-corrected chi connectivity index (χ1v) is 4.53. The van der Waals surface area contributed by atoms with Crippen molar-refractivity contribution >= 4 is 11.3 Å². The molecule has 0 bridgehead atoms. The summed E-state index contributed by atoms with van der Waals surface area (Å²) in [4.78, 5) is 3.48. The number of thiazole rings is 1. The van der Waals surface area contributed by atoms with E-state index in [4.69, 9.17) is 0 Å². The molecule has 1 aromatic rings. The fourth-order valence-electron chi connectivity index (χ4n) is 0.740. The molecule has 0 aliphatic rings. The van der Waals surface area contributed by atoms with Crippen LogP contribution in [0.4, 0.5) is 13.2 Å². The Morgan fingerprint density at radius 2 is 2.15 bits per heavy atom. The fourth-order valence-corrected chi connectivity index (χ4v) is 1.63. The van der Waals surface area contributed by atoms with E-state index in [2.05, 4.69) is 10.3 Å². The van der Waals surface area contributed by atoms with Crippen molar-refractivity contribution in [1.29, 1.82) is 0 Å². The lowest BCUT2D eigenvalue weighted by atomic mass is 10.3. The van der Waals surface area contributed by atoms with E-state index in [9.17, 15) is 13.2 Å². The molecule has 1 aromatic heterocycles. The first-order valence-electron chi connectivity index (χ1n) is 3.65. The van der Waals surface area contributed by atoms with Gasteiger partial charge in [-0.1, -0.05) is 0 Å². The largest absolute Gasteiger partial charge is 0.434 e. The maximum Gasteiger partial charge on any atom is 0.434 e. The van der Waals surface area contributed by atoms with Gasteiger partial charge in [0.05, 0.1) is 6.04 Å². The van der Waals surface area contributed by atoms with Crippen LogP contribution < -0.4 is 5.32 Å². The minimum Gasteiger partial charge on any atom is -0.311 e. The topological polar surface area (TPSA) is 24.9 Å². The first kappa shape index (κ1) is 10.5. The molecular formula is C7H9F3N2S. The Balaban J connectivity index is 2.87. The van der Waals surface area contributed by atoms with Crippen molar-refractivity contribution in [2.24, 2.45) is 0 Å². The van der Waals surface area contributed by atoms with Crippen LogP contribution in [0.1, 0.15) is 23.7 Å². The molecule has 0 spiro atoms. The average Bonchev–Trinajstić information content (AvgIpc) is 2.50. The van der Waals surface area contributed by atoms with Gasteiger partial charge in [0.15, 0.2) is 5.69 Å². The molecular weight excluding hydrogens is 201 g/mol. The Labute approximate surface area is 77.8 Å². The molecule has 6 heteroatoms. The summed E-state index contributed by atoms with van der Waals surface area (Å²) in [6, 6.07) is -0.138. The predicted molar refractivity (Wildman–Crippen MR) is 44.6 cm³/mol. The third kappa shape index (κ3) is 2.41. The molecule has 0 aromatic carbocycles. The Kier molecular flexibility index (Phi) is 2.92. The second-order valence-electron chi connectivity index (χ2n) is 2.58. The standard InChI is InChI=1S/C7H9F3N2S/c1-4(11-2)6-12-5(3-13-6)7(8,9)10/h3-4,11H,1-2H3. The highest BCUT2D eigenvalue weighted by atomic mass is 32.1. The van der Waals surface area contributed by atoms with Crippen molar-refractivity contribution in [3.63, 3.8) is 0 Å². The quantitative estimate of drug-likeness (QED) is 0.811. The van der Waals surface area contributed by atoms with Crippen LogP contribution in [0.25, 0.3) is 0 Å². The minimum absolute atomic E-state index is 0.138. The van der Waals surface area contributed by atoms with Gasteiger partial charge in [-0.2, -0.15) is 13.2 Å². The Hall–Kier alpha value is -0.620. The summed E-state index contributed by atoms with van der Waals surface area (Å²) in [6.45, 7) is 1.76. The molecule has 0 aliphatic carbocycles. The molecule has 1 heterocycles. The van der Waals surface area contributed by atoms with E-state index in [0.29, 0.717) is 5.01 Å². The van der Waals surface area contributed by atoms with Gasteiger partial charge in [0.2, 0.25) is 0 Å². The predicted octanol–water partition coefficient (Wildman–Crippen LogP) is 2.44. The molecule has 0 radical (unpaired) electrons. The number of alkyl halides is 3. The molecule has 1 N–H and O–H groups in total. The number of hydrogen-bond acceptors (Lipinski definition) is 3. The zero-order valence-corrected chi connectivity index (χ0v) is 7.96. The fraction of sp³-hybridized carbons (Fsp3) is 0.571. The number of nitrogens with zero attached hydrogens (tertiary/aromatic N) is 1. The van der Waals surface area contributed by atoms with E-state index in [-0.39, 0.29) is 6.04 Å². The highest BCUT2D eigenvalue weighted by molar-refractivity contribution is 7.09. The molecule has 0 amide bonds. The van der Waals surface area contributed by atoms with E-state index < -0.39 is 11.9 Å². The molecule has 1 unspecified atom stereocenters. The number of rotatable bonds is 2. The van der Waals surface area contributed by atoms with Crippen LogP contribution in [0.3, 0.4) is 0 Å². The Morgan fingerprint density at radius 1 is 1.54 bits per heavy atom. The number of nitrogens with one attached hydrogen (secondary N) is 1. The van der Waals surface area contributed by atoms with E-state index >= 15 is 0 Å². The summed E-state index contributed by atoms with van der Waals surface area (Å²) >= 11 is 1.02. The molecule has 1 atom stereocenters. The summed E-state index contributed by atoms with van der Waals surface area (Å²) in [5.74, 6) is 0. The third-order valence-corrected chi connectivity index (χ3v) is 2.64. The van der Waals surface area contributed by atoms with Gasteiger partial charge in [-0.3, -0.25) is 0 Å². The average molecular weight is 210 g/mol. The first-order chi connectivity index (χ1) is 5.95. The lowest BCUT2D eigenvalue weighted by molar-refractivity contribution is -0.140. The van der Waals surface area contributed by atoms with E-state index in [1.165, 1.54) is 0 Å². The van der Waals surface area contributed by atoms with Crippen LogP contribution >= 0.6 is 11.3 Å². The molecule has 2 nitrogen and oxygen atoms in total. The van der Waals surface area contributed by atoms with E-state index in [1.54, 1.807) is 14.0 Å². The summed E-state index contributed by atoms with van der Waals surface area (Å²) < 4.78 is 36.3. The molecule has 74 valence electrons. The highest BCUT2D eigenvalue weighted by Crippen LogP contribution is 2.31. The van der Waals surface area contributed by atoms with Crippen molar-refractivity contribution in [3.05, 3.63) is 16.1 Å². The molecule has 13 heavy (non-hydrogen) atoms. The maximum absolute atomic E-state index is 12.1. The van der Waals surface area contributed by atoms with Gasteiger partial charge in [0, 0.05) is 5.38 Å². The van der Waals surface area contributed by atoms with Crippen molar-refractivity contribution in [3.8, 4) is 0 Å². The SMILES string of the molecule is CNC(C)c1nc(C(F)(F)F)cs1. The van der Waals surface area contributed by atoms with Gasteiger partial charge >= 0.3 is 6.18 Å². The zero-order chi connectivity index (χ0) is 10.1. The van der Waals surface area contributed by atoms with Crippen LogP contribution in [-0.4, -0.2) is 12.0 Å². The summed E-state index contributed by atoms with van der Waals surface area (Å²) in [7, 11) is 1.68. The molecule has 0 saturated heterocycles. The number of aromatic nitrogens is 1. The van der Waals surface area contributed by atoms with Gasteiger partial charge < -0.3 is 5.32 Å². The monoisotopic (exact) mass is 210 g/mol. The van der Waals surface area contributed by atoms with E-state index in [1.807, 2.05) is 0 Å². The molecule has 0 fully saturated rings. The lowest BCUT2D eigenvalue weighted by Gasteiger charge is -2.05. The van der Waals surface area contributed by atoms with Crippen LogP contribution in [0, 0.1) is 0 Å². The second-order valence-corrected chi connectivity index (χ2v) is 3.47. The smallest absolute Gasteiger partial charge is 0.311 e. The third-order valence-electron chi connectivity index (χ3n) is 1.62. The van der Waals surface area contributed by atoms with Gasteiger partial charge in [0.1, 0.15) is 5.01 Å². The van der Waals surface area contributed by atoms with Crippen LogP contribution in [0.2, 0.25) is 0 Å². The van der Waals surface area contributed by atoms with Gasteiger partial charge in [0.25, 0.3) is 0 Å². The summed E-state index contributed by atoms with van der Waals surface area (Å²) in [5.41, 5.74) is -0.811. The van der Waals surface area contributed by atoms with Crippen molar-refractivity contribution in [2.45, 2.75) is 19.1 Å². The van der Waals surface area contributed by atoms with E-state index in [0.717, 1.165) is 16.7 Å². The zero-order valence-electron chi connectivity index (χ0n) is 7.14. The van der Waals surface area contributed by atoms with Gasteiger partial charge in [-0.25, -0.2) is 4.98 Å². The van der Waals surface area contributed by atoms with Crippen LogP contribution in [0.5, 0.6) is 0 Å². The van der Waals surface area contributed by atoms with Gasteiger partial charge in [-0.05, 0) is 14.0 Å². The van der Waals surface area contributed by atoms with Crippen molar-refractivity contribution < 1.29 is 13.2 Å². The lowest BCUT2D eigenvalue weighted by Crippen LogP contribution is -2.13. The van der Waals surface area contributed by atoms with Crippen LogP contribution in [-0.2, 0) is 6.18 Å². The highest BCUT2D eigenvalue weighted by Gasteiger charge is 2.33. The summed E-state index contributed by atoms with van der Waals surface area (Å²) in [6.07, 6.45) is -4.33. The number of hydrogen-bond donors (Lipinski definition) is 1. The van der Waals surface area contributed by atoms with Crippen LogP contribution in [0.15, 0.2) is 5.38 Å². The molecule has 1 rings (SSSR count). The maximum atomic E-state index is 12.1. The molecule has 0 aliphatic heterocycles. The second kappa shape index (κ2) is 3.63. The Bertz CT molecular complexity index is 282. The minimum atomic E-state index is -4.33. The normalized spacial score (nSPS) is 14.5. The van der Waals surface area contributed by atoms with Crippen molar-refractivity contribution in [1.82, 2.24) is 10.3 Å². The number of halogens is 3. The summed E-state index contributed by atoms with van der Waals surface area (Å²) in [5, 5.41) is 4.31. The Morgan fingerprint density at radius 3 is 2.54 bits per heavy atom.